The van der Waals surface area contributed by atoms with Gasteiger partial charge < -0.3 is 14.9 Å². The Bertz CT molecular complexity index is 605. The zero-order valence-corrected chi connectivity index (χ0v) is 11.8. The molecule has 0 aromatic heterocycles. The summed E-state index contributed by atoms with van der Waals surface area (Å²) in [7, 11) is 0. The van der Waals surface area contributed by atoms with Gasteiger partial charge in [-0.1, -0.05) is 60.7 Å². The summed E-state index contributed by atoms with van der Waals surface area (Å²) in [4.78, 5) is 11.1. The molecule has 3 rings (SSSR count). The molecule has 0 bridgehead atoms. The van der Waals surface area contributed by atoms with E-state index in [1.807, 2.05) is 36.4 Å². The summed E-state index contributed by atoms with van der Waals surface area (Å²) in [6, 6.07) is 18.2. The Morgan fingerprint density at radius 2 is 1.55 bits per heavy atom. The first-order chi connectivity index (χ1) is 10.6. The molecule has 0 saturated carbocycles. The second-order valence-electron chi connectivity index (χ2n) is 5.25. The minimum Gasteiger partial charge on any atom is -0.479 e. The van der Waals surface area contributed by atoms with Crippen LogP contribution >= 0.6 is 0 Å². The number of rotatable bonds is 4. The van der Waals surface area contributed by atoms with Crippen molar-refractivity contribution < 1.29 is 19.7 Å². The van der Waals surface area contributed by atoms with Crippen molar-refractivity contribution in [3.63, 3.8) is 0 Å². The highest BCUT2D eigenvalue weighted by molar-refractivity contribution is 5.73. The fourth-order valence-corrected chi connectivity index (χ4v) is 2.72. The first-order valence-corrected chi connectivity index (χ1v) is 7.07. The Labute approximate surface area is 128 Å². The van der Waals surface area contributed by atoms with Crippen LogP contribution in [0.15, 0.2) is 60.7 Å². The number of carboxylic acid groups (broad SMARTS) is 1. The van der Waals surface area contributed by atoms with Crippen LogP contribution in [-0.2, 0) is 15.1 Å². The predicted octanol–water partition coefficient (Wildman–Crippen LogP) is 1.32. The van der Waals surface area contributed by atoms with E-state index in [-0.39, 0.29) is 6.54 Å². The monoisotopic (exact) mass is 299 g/mol. The van der Waals surface area contributed by atoms with Gasteiger partial charge in [-0.05, 0) is 11.1 Å². The number of hydrogen-bond donors (Lipinski definition) is 3. The van der Waals surface area contributed by atoms with Crippen LogP contribution in [0.4, 0.5) is 0 Å². The third kappa shape index (κ3) is 2.50. The van der Waals surface area contributed by atoms with Crippen LogP contribution in [0.3, 0.4) is 0 Å². The lowest BCUT2D eigenvalue weighted by atomic mass is 9.84. The average Bonchev–Trinajstić information content (AvgIpc) is 3.06. The SMILES string of the molecule is O=C(O)[C@H]1CN[C@H](C(O)(c2ccccc2)c2ccccc2)O1. The molecule has 1 aliphatic rings. The van der Waals surface area contributed by atoms with E-state index >= 15 is 0 Å². The molecule has 0 radical (unpaired) electrons. The molecule has 5 nitrogen and oxygen atoms in total. The highest BCUT2D eigenvalue weighted by Crippen LogP contribution is 2.35. The van der Waals surface area contributed by atoms with E-state index in [1.165, 1.54) is 0 Å². The molecule has 0 amide bonds. The Kier molecular flexibility index (Phi) is 3.94. The zero-order chi connectivity index (χ0) is 15.6. The second-order valence-corrected chi connectivity index (χ2v) is 5.25. The quantitative estimate of drug-likeness (QED) is 0.793. The molecule has 1 heterocycles. The van der Waals surface area contributed by atoms with Gasteiger partial charge in [0.05, 0.1) is 0 Å². The van der Waals surface area contributed by atoms with Crippen molar-refractivity contribution in [2.45, 2.75) is 17.9 Å². The number of nitrogens with one attached hydrogen (secondary N) is 1. The normalized spacial score (nSPS) is 21.7. The molecule has 114 valence electrons. The van der Waals surface area contributed by atoms with Gasteiger partial charge >= 0.3 is 5.97 Å². The lowest BCUT2D eigenvalue weighted by molar-refractivity contribution is -0.155. The van der Waals surface area contributed by atoms with Crippen LogP contribution in [0.2, 0.25) is 0 Å². The van der Waals surface area contributed by atoms with E-state index in [0.717, 1.165) is 0 Å². The first kappa shape index (κ1) is 14.7. The maximum atomic E-state index is 11.4. The molecule has 1 saturated heterocycles. The third-order valence-electron chi connectivity index (χ3n) is 3.87. The summed E-state index contributed by atoms with van der Waals surface area (Å²) < 4.78 is 5.54. The van der Waals surface area contributed by atoms with Gasteiger partial charge in [-0.15, -0.1) is 0 Å². The van der Waals surface area contributed by atoms with Crippen LogP contribution < -0.4 is 5.32 Å². The van der Waals surface area contributed by atoms with E-state index in [9.17, 15) is 9.90 Å². The Balaban J connectivity index is 2.03. The summed E-state index contributed by atoms with van der Waals surface area (Å²) in [5.74, 6) is -1.04. The molecule has 1 fully saturated rings. The van der Waals surface area contributed by atoms with Crippen LogP contribution in [0.1, 0.15) is 11.1 Å². The van der Waals surface area contributed by atoms with Crippen LogP contribution in [-0.4, -0.2) is 35.1 Å². The minimum atomic E-state index is -1.47. The van der Waals surface area contributed by atoms with Gasteiger partial charge in [-0.3, -0.25) is 5.32 Å². The lowest BCUT2D eigenvalue weighted by Crippen LogP contribution is -2.47. The number of aliphatic carboxylic acids is 1. The predicted molar refractivity (Wildman–Crippen MR) is 80.2 cm³/mol. The fraction of sp³-hybridized carbons (Fsp3) is 0.235. The number of ether oxygens (including phenoxy) is 1. The standard InChI is InChI=1S/C17H17NO4/c19-15(20)14-11-18-16(22-14)17(21,12-7-3-1-4-8-12)13-9-5-2-6-10-13/h1-10,14,16,18,21H,11H2,(H,19,20)/t14-,16+/m1/s1. The van der Waals surface area contributed by atoms with Gasteiger partial charge in [0.15, 0.2) is 11.7 Å². The van der Waals surface area contributed by atoms with E-state index in [1.54, 1.807) is 24.3 Å². The maximum Gasteiger partial charge on any atom is 0.334 e. The molecular formula is C17H17NO4. The first-order valence-electron chi connectivity index (χ1n) is 7.07. The lowest BCUT2D eigenvalue weighted by Gasteiger charge is -2.34. The molecule has 0 unspecified atom stereocenters. The van der Waals surface area contributed by atoms with E-state index in [2.05, 4.69) is 5.32 Å². The minimum absolute atomic E-state index is 0.155. The molecular weight excluding hydrogens is 282 g/mol. The van der Waals surface area contributed by atoms with E-state index < -0.39 is 23.9 Å². The molecule has 1 aliphatic heterocycles. The number of aliphatic hydroxyl groups is 1. The highest BCUT2D eigenvalue weighted by Gasteiger charge is 2.46. The van der Waals surface area contributed by atoms with Crippen molar-refractivity contribution in [2.24, 2.45) is 0 Å². The molecule has 5 heteroatoms. The Hall–Kier alpha value is -2.21. The molecule has 2 aromatic rings. The summed E-state index contributed by atoms with van der Waals surface area (Å²) in [5, 5.41) is 23.4. The topological polar surface area (TPSA) is 78.8 Å². The van der Waals surface area contributed by atoms with Crippen molar-refractivity contribution in [3.05, 3.63) is 71.8 Å². The number of carbonyl (C=O) groups is 1. The van der Waals surface area contributed by atoms with E-state index in [4.69, 9.17) is 9.84 Å². The third-order valence-corrected chi connectivity index (χ3v) is 3.87. The van der Waals surface area contributed by atoms with Gasteiger partial charge in [-0.25, -0.2) is 4.79 Å². The second kappa shape index (κ2) is 5.88. The number of hydrogen-bond acceptors (Lipinski definition) is 4. The van der Waals surface area contributed by atoms with Gasteiger partial charge in [0, 0.05) is 6.54 Å². The molecule has 22 heavy (non-hydrogen) atoms. The number of benzene rings is 2. The van der Waals surface area contributed by atoms with Gasteiger partial charge in [0.25, 0.3) is 0 Å². The van der Waals surface area contributed by atoms with Crippen LogP contribution in [0.25, 0.3) is 0 Å². The fourth-order valence-electron chi connectivity index (χ4n) is 2.72. The Morgan fingerprint density at radius 1 is 1.05 bits per heavy atom. The summed E-state index contributed by atoms with van der Waals surface area (Å²) >= 11 is 0. The van der Waals surface area contributed by atoms with Crippen molar-refractivity contribution in [1.82, 2.24) is 5.32 Å². The van der Waals surface area contributed by atoms with Crippen molar-refractivity contribution in [2.75, 3.05) is 6.54 Å². The average molecular weight is 299 g/mol. The summed E-state index contributed by atoms with van der Waals surface area (Å²) in [6.07, 6.45) is -1.80. The van der Waals surface area contributed by atoms with Crippen molar-refractivity contribution >= 4 is 5.97 Å². The van der Waals surface area contributed by atoms with Gasteiger partial charge in [-0.2, -0.15) is 0 Å². The highest BCUT2D eigenvalue weighted by atomic mass is 16.6. The zero-order valence-electron chi connectivity index (χ0n) is 11.8. The Morgan fingerprint density at radius 3 is 1.95 bits per heavy atom. The molecule has 3 N–H and O–H groups in total. The molecule has 2 atom stereocenters. The van der Waals surface area contributed by atoms with Crippen molar-refractivity contribution in [3.8, 4) is 0 Å². The smallest absolute Gasteiger partial charge is 0.334 e. The maximum absolute atomic E-state index is 11.4. The molecule has 0 spiro atoms. The number of carboxylic acids is 1. The van der Waals surface area contributed by atoms with Crippen LogP contribution in [0, 0.1) is 0 Å². The summed E-state index contributed by atoms with van der Waals surface area (Å²) in [6.45, 7) is 0.155. The van der Waals surface area contributed by atoms with Gasteiger partial charge in [0.2, 0.25) is 0 Å². The largest absolute Gasteiger partial charge is 0.479 e. The molecule has 2 aromatic carbocycles. The van der Waals surface area contributed by atoms with Crippen LogP contribution in [0.5, 0.6) is 0 Å². The summed E-state index contributed by atoms with van der Waals surface area (Å²) in [5.41, 5.74) is -0.179. The van der Waals surface area contributed by atoms with Gasteiger partial charge in [0.1, 0.15) is 6.23 Å². The van der Waals surface area contributed by atoms with Crippen molar-refractivity contribution in [1.29, 1.82) is 0 Å². The molecule has 0 aliphatic carbocycles. The van der Waals surface area contributed by atoms with E-state index in [0.29, 0.717) is 11.1 Å².